The van der Waals surface area contributed by atoms with Crippen molar-refractivity contribution >= 4 is 27.5 Å². The van der Waals surface area contributed by atoms with E-state index in [1.165, 1.54) is 15.8 Å². The highest BCUT2D eigenvalue weighted by Crippen LogP contribution is 2.23. The summed E-state index contributed by atoms with van der Waals surface area (Å²) in [6.45, 7) is 11.0. The van der Waals surface area contributed by atoms with Gasteiger partial charge in [0.25, 0.3) is 5.91 Å². The average Bonchev–Trinajstić information content (AvgIpc) is 2.92. The Labute approximate surface area is 157 Å². The van der Waals surface area contributed by atoms with E-state index in [2.05, 4.69) is 42.5 Å². The Hall–Kier alpha value is -2.40. The number of hydrogen-bond donors (Lipinski definition) is 0. The number of aryl methyl sites for hydroxylation is 3. The van der Waals surface area contributed by atoms with Crippen LogP contribution in [0.2, 0.25) is 0 Å². The molecule has 4 nitrogen and oxygen atoms in total. The van der Waals surface area contributed by atoms with Crippen LogP contribution in [0.3, 0.4) is 0 Å². The van der Waals surface area contributed by atoms with E-state index in [0.29, 0.717) is 5.56 Å². The molecule has 26 heavy (non-hydrogen) atoms. The fourth-order valence-corrected chi connectivity index (χ4v) is 4.15. The smallest absolute Gasteiger partial charge is 0.279 e. The summed E-state index contributed by atoms with van der Waals surface area (Å²) < 4.78 is 8.91. The molecule has 0 atom stereocenters. The molecular weight excluding hydrogens is 344 g/mol. The molecule has 0 radical (unpaired) electrons. The Morgan fingerprint density at radius 2 is 1.88 bits per heavy atom. The minimum absolute atomic E-state index is 0.106. The van der Waals surface area contributed by atoms with Crippen molar-refractivity contribution in [1.82, 2.24) is 4.57 Å². The van der Waals surface area contributed by atoms with Gasteiger partial charge in [0.1, 0.15) is 5.75 Å². The second-order valence-corrected chi connectivity index (χ2v) is 7.64. The minimum Gasteiger partial charge on any atom is -0.491 e. The lowest BCUT2D eigenvalue weighted by atomic mass is 10.1. The summed E-state index contributed by atoms with van der Waals surface area (Å²) in [4.78, 5) is 17.8. The first kappa shape index (κ1) is 18.4. The van der Waals surface area contributed by atoms with Gasteiger partial charge in [-0.05, 0) is 76.1 Å². The van der Waals surface area contributed by atoms with Gasteiger partial charge in [-0.1, -0.05) is 17.4 Å². The molecule has 0 spiro atoms. The fourth-order valence-electron chi connectivity index (χ4n) is 3.00. The Kier molecular flexibility index (Phi) is 5.28. The summed E-state index contributed by atoms with van der Waals surface area (Å²) in [5.41, 5.74) is 4.14. The van der Waals surface area contributed by atoms with E-state index < -0.39 is 0 Å². The molecule has 0 aliphatic carbocycles. The Morgan fingerprint density at radius 3 is 2.50 bits per heavy atom. The van der Waals surface area contributed by atoms with Crippen LogP contribution in [0, 0.1) is 13.8 Å². The van der Waals surface area contributed by atoms with Crippen LogP contribution in [0.5, 0.6) is 5.75 Å². The van der Waals surface area contributed by atoms with Gasteiger partial charge >= 0.3 is 0 Å². The van der Waals surface area contributed by atoms with Gasteiger partial charge in [-0.15, -0.1) is 0 Å². The molecule has 1 aromatic heterocycles. The highest BCUT2D eigenvalue weighted by molar-refractivity contribution is 7.16. The van der Waals surface area contributed by atoms with E-state index in [0.717, 1.165) is 22.6 Å². The SMILES string of the molecule is CCn1c(=NC(=O)c2ccc(OC(C)C)cc2)sc2c(C)cc(C)cc21. The van der Waals surface area contributed by atoms with Crippen LogP contribution in [-0.4, -0.2) is 16.6 Å². The zero-order valence-electron chi connectivity index (χ0n) is 15.9. The first-order valence-electron chi connectivity index (χ1n) is 8.85. The molecule has 0 fully saturated rings. The summed E-state index contributed by atoms with van der Waals surface area (Å²) >= 11 is 1.57. The summed E-state index contributed by atoms with van der Waals surface area (Å²) in [5, 5.41) is 0. The Morgan fingerprint density at radius 1 is 1.19 bits per heavy atom. The maximum absolute atomic E-state index is 12.6. The van der Waals surface area contributed by atoms with Gasteiger partial charge in [-0.2, -0.15) is 4.99 Å². The predicted octanol–water partition coefficient (Wildman–Crippen LogP) is 4.87. The molecule has 3 rings (SSSR count). The van der Waals surface area contributed by atoms with Crippen LogP contribution in [0.15, 0.2) is 41.4 Å². The number of fused-ring (bicyclic) bond motifs is 1. The van der Waals surface area contributed by atoms with Gasteiger partial charge in [0, 0.05) is 12.1 Å². The molecule has 0 aliphatic rings. The van der Waals surface area contributed by atoms with E-state index in [1.54, 1.807) is 23.5 Å². The van der Waals surface area contributed by atoms with E-state index in [4.69, 9.17) is 4.74 Å². The fraction of sp³-hybridized carbons (Fsp3) is 0.333. The van der Waals surface area contributed by atoms with Gasteiger partial charge in [-0.25, -0.2) is 0 Å². The van der Waals surface area contributed by atoms with Crippen molar-refractivity contribution in [2.24, 2.45) is 4.99 Å². The van der Waals surface area contributed by atoms with Crippen molar-refractivity contribution in [2.75, 3.05) is 0 Å². The van der Waals surface area contributed by atoms with Crippen molar-refractivity contribution in [3.63, 3.8) is 0 Å². The first-order chi connectivity index (χ1) is 12.4. The largest absolute Gasteiger partial charge is 0.491 e. The number of rotatable bonds is 4. The molecule has 3 aromatic rings. The summed E-state index contributed by atoms with van der Waals surface area (Å²) in [5.74, 6) is 0.525. The summed E-state index contributed by atoms with van der Waals surface area (Å²) in [7, 11) is 0. The number of carbonyl (C=O) groups is 1. The third-order valence-electron chi connectivity index (χ3n) is 4.10. The van der Waals surface area contributed by atoms with Crippen LogP contribution < -0.4 is 9.54 Å². The van der Waals surface area contributed by atoms with Crippen LogP contribution in [0.1, 0.15) is 42.3 Å². The van der Waals surface area contributed by atoms with Crippen molar-refractivity contribution in [2.45, 2.75) is 47.3 Å². The lowest BCUT2D eigenvalue weighted by Crippen LogP contribution is -2.16. The quantitative estimate of drug-likeness (QED) is 0.659. The lowest BCUT2D eigenvalue weighted by Gasteiger charge is -2.09. The van der Waals surface area contributed by atoms with Gasteiger partial charge in [-0.3, -0.25) is 4.79 Å². The number of thiazole rings is 1. The first-order valence-corrected chi connectivity index (χ1v) is 9.67. The maximum atomic E-state index is 12.6. The van der Waals surface area contributed by atoms with Crippen molar-refractivity contribution < 1.29 is 9.53 Å². The minimum atomic E-state index is -0.232. The molecule has 1 heterocycles. The van der Waals surface area contributed by atoms with Crippen molar-refractivity contribution in [1.29, 1.82) is 0 Å². The zero-order chi connectivity index (χ0) is 18.8. The number of ether oxygens (including phenoxy) is 1. The molecule has 0 N–H and O–H groups in total. The lowest BCUT2D eigenvalue weighted by molar-refractivity contribution is 0.0998. The van der Waals surface area contributed by atoms with E-state index in [9.17, 15) is 4.79 Å². The van der Waals surface area contributed by atoms with Gasteiger partial charge in [0.2, 0.25) is 0 Å². The molecule has 2 aromatic carbocycles. The number of benzene rings is 2. The summed E-state index contributed by atoms with van der Waals surface area (Å²) in [6, 6.07) is 11.5. The number of amides is 1. The monoisotopic (exact) mass is 368 g/mol. The maximum Gasteiger partial charge on any atom is 0.279 e. The van der Waals surface area contributed by atoms with E-state index >= 15 is 0 Å². The van der Waals surface area contributed by atoms with Crippen LogP contribution in [0.4, 0.5) is 0 Å². The van der Waals surface area contributed by atoms with Gasteiger partial charge < -0.3 is 9.30 Å². The van der Waals surface area contributed by atoms with Crippen LogP contribution in [0.25, 0.3) is 10.2 Å². The predicted molar refractivity (Wildman–Crippen MR) is 107 cm³/mol. The number of carbonyl (C=O) groups excluding carboxylic acids is 1. The molecule has 0 saturated carbocycles. The Balaban J connectivity index is 2.01. The van der Waals surface area contributed by atoms with Gasteiger partial charge in [0.05, 0.1) is 16.3 Å². The summed E-state index contributed by atoms with van der Waals surface area (Å²) in [6.07, 6.45) is 0.106. The molecule has 1 amide bonds. The van der Waals surface area contributed by atoms with Gasteiger partial charge in [0.15, 0.2) is 4.80 Å². The second kappa shape index (κ2) is 7.46. The number of hydrogen-bond acceptors (Lipinski definition) is 3. The zero-order valence-corrected chi connectivity index (χ0v) is 16.7. The topological polar surface area (TPSA) is 43.6 Å². The number of aromatic nitrogens is 1. The molecule has 136 valence electrons. The molecular formula is C21H24N2O2S. The van der Waals surface area contributed by atoms with E-state index in [-0.39, 0.29) is 12.0 Å². The highest BCUT2D eigenvalue weighted by atomic mass is 32.1. The molecule has 5 heteroatoms. The van der Waals surface area contributed by atoms with Crippen molar-refractivity contribution in [3.05, 3.63) is 57.9 Å². The van der Waals surface area contributed by atoms with E-state index in [1.807, 2.05) is 26.0 Å². The molecule has 0 aliphatic heterocycles. The average molecular weight is 369 g/mol. The molecule has 0 saturated heterocycles. The Bertz CT molecular complexity index is 1010. The standard InChI is InChI=1S/C21H24N2O2S/c1-6-23-18-12-14(4)11-15(5)19(18)26-21(23)22-20(24)16-7-9-17(10-8-16)25-13(2)3/h7-13H,6H2,1-5H3. The van der Waals surface area contributed by atoms with Crippen molar-refractivity contribution in [3.8, 4) is 5.75 Å². The second-order valence-electron chi connectivity index (χ2n) is 6.67. The normalized spacial score (nSPS) is 12.2. The molecule has 0 bridgehead atoms. The third-order valence-corrected chi connectivity index (χ3v) is 5.33. The van der Waals surface area contributed by atoms with Crippen LogP contribution >= 0.6 is 11.3 Å². The highest BCUT2D eigenvalue weighted by Gasteiger charge is 2.11. The number of nitrogens with zero attached hydrogens (tertiary/aromatic N) is 2. The van der Waals surface area contributed by atoms with Crippen LogP contribution in [-0.2, 0) is 6.54 Å². The third kappa shape index (κ3) is 3.73. The molecule has 0 unspecified atom stereocenters.